The summed E-state index contributed by atoms with van der Waals surface area (Å²) in [5, 5.41) is 15.3. The lowest BCUT2D eigenvalue weighted by atomic mass is 9.89. The number of nitrogens with one attached hydrogen (secondary N) is 2. The minimum Gasteiger partial charge on any atom is -0.391 e. The fourth-order valence-electron chi connectivity index (χ4n) is 3.12. The molecule has 3 N–H and O–H groups in total. The zero-order valence-electron chi connectivity index (χ0n) is 15.9. The highest BCUT2D eigenvalue weighted by Gasteiger charge is 2.37. The van der Waals surface area contributed by atoms with Crippen LogP contribution in [-0.4, -0.2) is 32.2 Å². The van der Waals surface area contributed by atoms with Crippen molar-refractivity contribution in [3.63, 3.8) is 0 Å². The third-order valence-corrected chi connectivity index (χ3v) is 5.02. The molecule has 156 valence electrons. The smallest absolute Gasteiger partial charge is 0.391 e. The molecule has 2 aromatic heterocycles. The summed E-state index contributed by atoms with van der Waals surface area (Å²) < 4.78 is 39.8. The van der Waals surface area contributed by atoms with Crippen molar-refractivity contribution in [1.29, 1.82) is 0 Å². The topological polar surface area (TPSA) is 83.0 Å². The number of aliphatic hydroxyl groups excluding tert-OH is 1. The standard InChI is InChI=1S/C21H20F3N5O/c22-21(23,24)15-12-27-20(29-19(15)28-17-8-9-18(17)30)26-11-13-4-6-14(7-5-13)16-3-1-2-10-25-16/h1-7,10,12,17-18,30H,8-9,11H2,(H2,26,27,28,29)/t17-,18+/m1/s1. The molecule has 30 heavy (non-hydrogen) atoms. The summed E-state index contributed by atoms with van der Waals surface area (Å²) in [4.78, 5) is 12.1. The van der Waals surface area contributed by atoms with Crippen LogP contribution in [0.15, 0.2) is 54.9 Å². The van der Waals surface area contributed by atoms with E-state index in [1.54, 1.807) is 6.20 Å². The Labute approximate surface area is 171 Å². The van der Waals surface area contributed by atoms with Crippen LogP contribution in [-0.2, 0) is 12.7 Å². The molecule has 0 saturated heterocycles. The highest BCUT2D eigenvalue weighted by atomic mass is 19.4. The van der Waals surface area contributed by atoms with Gasteiger partial charge in [0.15, 0.2) is 0 Å². The first-order valence-electron chi connectivity index (χ1n) is 9.53. The molecule has 0 bridgehead atoms. The van der Waals surface area contributed by atoms with Crippen LogP contribution in [0.4, 0.5) is 24.9 Å². The Morgan fingerprint density at radius 1 is 1.03 bits per heavy atom. The normalized spacial score (nSPS) is 18.5. The van der Waals surface area contributed by atoms with Crippen molar-refractivity contribution in [1.82, 2.24) is 15.0 Å². The fourth-order valence-corrected chi connectivity index (χ4v) is 3.12. The van der Waals surface area contributed by atoms with Gasteiger partial charge in [0.25, 0.3) is 0 Å². The van der Waals surface area contributed by atoms with Gasteiger partial charge in [0.1, 0.15) is 11.4 Å². The molecular formula is C21H20F3N5O. The van der Waals surface area contributed by atoms with Crippen molar-refractivity contribution < 1.29 is 18.3 Å². The van der Waals surface area contributed by atoms with E-state index in [1.807, 2.05) is 42.5 Å². The van der Waals surface area contributed by atoms with Crippen LogP contribution >= 0.6 is 0 Å². The third kappa shape index (κ3) is 4.51. The second-order valence-corrected chi connectivity index (χ2v) is 7.11. The molecule has 0 radical (unpaired) electrons. The van der Waals surface area contributed by atoms with Crippen LogP contribution < -0.4 is 10.6 Å². The Morgan fingerprint density at radius 3 is 2.43 bits per heavy atom. The van der Waals surface area contributed by atoms with Crippen LogP contribution in [0.3, 0.4) is 0 Å². The quantitative estimate of drug-likeness (QED) is 0.562. The molecular weight excluding hydrogens is 395 g/mol. The number of aliphatic hydroxyl groups is 1. The molecule has 0 aliphatic heterocycles. The lowest BCUT2D eigenvalue weighted by Crippen LogP contribution is -2.43. The molecule has 3 aromatic rings. The molecule has 0 spiro atoms. The van der Waals surface area contributed by atoms with E-state index in [4.69, 9.17) is 0 Å². The molecule has 2 heterocycles. The summed E-state index contributed by atoms with van der Waals surface area (Å²) in [6, 6.07) is 12.9. The van der Waals surface area contributed by atoms with E-state index in [0.29, 0.717) is 19.4 Å². The minimum atomic E-state index is -4.59. The maximum Gasteiger partial charge on any atom is 0.421 e. The number of benzene rings is 1. The zero-order valence-corrected chi connectivity index (χ0v) is 15.9. The van der Waals surface area contributed by atoms with Crippen molar-refractivity contribution >= 4 is 11.8 Å². The average molecular weight is 415 g/mol. The monoisotopic (exact) mass is 415 g/mol. The Balaban J connectivity index is 1.46. The summed E-state index contributed by atoms with van der Waals surface area (Å²) >= 11 is 0. The molecule has 0 amide bonds. The van der Waals surface area contributed by atoms with E-state index in [1.165, 1.54) is 0 Å². The van der Waals surface area contributed by atoms with Gasteiger partial charge in [0.2, 0.25) is 5.95 Å². The Morgan fingerprint density at radius 2 is 1.83 bits per heavy atom. The molecule has 1 aliphatic carbocycles. The largest absolute Gasteiger partial charge is 0.421 e. The molecule has 1 aliphatic rings. The zero-order chi connectivity index (χ0) is 21.1. The lowest BCUT2D eigenvalue weighted by molar-refractivity contribution is -0.137. The lowest BCUT2D eigenvalue weighted by Gasteiger charge is -2.34. The number of halogens is 3. The van der Waals surface area contributed by atoms with Gasteiger partial charge in [-0.05, 0) is 30.5 Å². The first-order chi connectivity index (χ1) is 14.4. The first kappa shape index (κ1) is 20.1. The van der Waals surface area contributed by atoms with Gasteiger partial charge in [-0.15, -0.1) is 0 Å². The third-order valence-electron chi connectivity index (χ3n) is 5.02. The molecule has 1 fully saturated rings. The number of pyridine rings is 1. The van der Waals surface area contributed by atoms with Gasteiger partial charge in [-0.3, -0.25) is 4.98 Å². The molecule has 6 nitrogen and oxygen atoms in total. The van der Waals surface area contributed by atoms with Crippen molar-refractivity contribution in [3.8, 4) is 11.3 Å². The Kier molecular flexibility index (Phi) is 5.54. The number of alkyl halides is 3. The number of rotatable bonds is 6. The van der Waals surface area contributed by atoms with E-state index in [0.717, 1.165) is 23.0 Å². The molecule has 1 aromatic carbocycles. The minimum absolute atomic E-state index is 0.0770. The van der Waals surface area contributed by atoms with Gasteiger partial charge in [0, 0.05) is 24.5 Å². The van der Waals surface area contributed by atoms with Gasteiger partial charge in [0.05, 0.1) is 17.8 Å². The van der Waals surface area contributed by atoms with E-state index in [9.17, 15) is 18.3 Å². The molecule has 4 rings (SSSR count). The Bertz CT molecular complexity index is 996. The number of anilines is 2. The van der Waals surface area contributed by atoms with Gasteiger partial charge in [-0.25, -0.2) is 4.98 Å². The van der Waals surface area contributed by atoms with Gasteiger partial charge >= 0.3 is 6.18 Å². The predicted molar refractivity (Wildman–Crippen MR) is 107 cm³/mol. The van der Waals surface area contributed by atoms with Gasteiger partial charge < -0.3 is 15.7 Å². The maximum atomic E-state index is 13.3. The van der Waals surface area contributed by atoms with Crippen LogP contribution in [0.1, 0.15) is 24.0 Å². The van der Waals surface area contributed by atoms with Gasteiger partial charge in [-0.2, -0.15) is 18.2 Å². The summed E-state index contributed by atoms with van der Waals surface area (Å²) in [6.45, 7) is 0.347. The summed E-state index contributed by atoms with van der Waals surface area (Å²) in [7, 11) is 0. The SMILES string of the molecule is O[C@H]1CC[C@H]1Nc1nc(NCc2ccc(-c3ccccn3)cc2)ncc1C(F)(F)F. The van der Waals surface area contributed by atoms with Crippen molar-refractivity contribution in [2.24, 2.45) is 0 Å². The van der Waals surface area contributed by atoms with E-state index in [-0.39, 0.29) is 11.8 Å². The molecule has 2 atom stereocenters. The summed E-state index contributed by atoms with van der Waals surface area (Å²) in [6.07, 6.45) is -1.63. The Hall–Kier alpha value is -3.20. The fraction of sp³-hybridized carbons (Fsp3) is 0.286. The van der Waals surface area contributed by atoms with E-state index < -0.39 is 23.9 Å². The van der Waals surface area contributed by atoms with Crippen LogP contribution in [0.2, 0.25) is 0 Å². The number of hydrogen-bond acceptors (Lipinski definition) is 6. The number of nitrogens with zero attached hydrogens (tertiary/aromatic N) is 3. The van der Waals surface area contributed by atoms with E-state index >= 15 is 0 Å². The van der Waals surface area contributed by atoms with Crippen molar-refractivity contribution in [2.45, 2.75) is 37.7 Å². The number of aromatic nitrogens is 3. The molecule has 1 saturated carbocycles. The first-order valence-corrected chi connectivity index (χ1v) is 9.53. The predicted octanol–water partition coefficient (Wildman–Crippen LogP) is 4.10. The van der Waals surface area contributed by atoms with Crippen molar-refractivity contribution in [2.75, 3.05) is 10.6 Å². The highest BCUT2D eigenvalue weighted by Crippen LogP contribution is 2.35. The van der Waals surface area contributed by atoms with Crippen molar-refractivity contribution in [3.05, 3.63) is 66.0 Å². The van der Waals surface area contributed by atoms with Crippen LogP contribution in [0.5, 0.6) is 0 Å². The summed E-state index contributed by atoms with van der Waals surface area (Å²) in [5.74, 6) is -0.248. The van der Waals surface area contributed by atoms with Gasteiger partial charge in [-0.1, -0.05) is 30.3 Å². The second kappa shape index (κ2) is 8.27. The maximum absolute atomic E-state index is 13.3. The molecule has 9 heteroatoms. The number of hydrogen-bond donors (Lipinski definition) is 3. The highest BCUT2D eigenvalue weighted by molar-refractivity contribution is 5.59. The average Bonchev–Trinajstić information content (AvgIpc) is 2.75. The molecule has 0 unspecified atom stereocenters. The van der Waals surface area contributed by atoms with Crippen LogP contribution in [0, 0.1) is 0 Å². The summed E-state index contributed by atoms with van der Waals surface area (Å²) in [5.41, 5.74) is 1.79. The second-order valence-electron chi connectivity index (χ2n) is 7.11. The van der Waals surface area contributed by atoms with Crippen LogP contribution in [0.25, 0.3) is 11.3 Å². The van der Waals surface area contributed by atoms with E-state index in [2.05, 4.69) is 25.6 Å².